The second-order valence-electron chi connectivity index (χ2n) is 5.95. The number of ether oxygens (including phenoxy) is 2. The van der Waals surface area contributed by atoms with Gasteiger partial charge in [0, 0.05) is 18.8 Å². The summed E-state index contributed by atoms with van der Waals surface area (Å²) < 4.78 is 11.1. The van der Waals surface area contributed by atoms with Gasteiger partial charge in [0.1, 0.15) is 12.2 Å². The zero-order chi connectivity index (χ0) is 14.6. The van der Waals surface area contributed by atoms with Gasteiger partial charge in [0.15, 0.2) is 0 Å². The smallest absolute Gasteiger partial charge is 0.410 e. The second kappa shape index (κ2) is 6.11. The highest BCUT2D eigenvalue weighted by Gasteiger charge is 2.32. The van der Waals surface area contributed by atoms with Crippen molar-refractivity contribution in [2.75, 3.05) is 13.2 Å². The van der Waals surface area contributed by atoms with Crippen LogP contribution in [0.5, 0.6) is 5.88 Å². The number of pyridine rings is 1. The number of nitrogens with zero attached hydrogens (tertiary/aromatic N) is 2. The average molecular weight is 278 g/mol. The number of hydrogen-bond donors (Lipinski definition) is 0. The van der Waals surface area contributed by atoms with Gasteiger partial charge in [-0.05, 0) is 39.7 Å². The van der Waals surface area contributed by atoms with Gasteiger partial charge in [-0.1, -0.05) is 6.07 Å². The molecule has 1 atom stereocenters. The quantitative estimate of drug-likeness (QED) is 0.853. The van der Waals surface area contributed by atoms with Crippen molar-refractivity contribution in [1.82, 2.24) is 9.88 Å². The van der Waals surface area contributed by atoms with Crippen molar-refractivity contribution in [3.8, 4) is 5.88 Å². The van der Waals surface area contributed by atoms with Crippen LogP contribution < -0.4 is 4.74 Å². The minimum atomic E-state index is -0.466. The molecule has 1 amide bonds. The van der Waals surface area contributed by atoms with Gasteiger partial charge in [-0.3, -0.25) is 0 Å². The first-order valence-corrected chi connectivity index (χ1v) is 6.99. The van der Waals surface area contributed by atoms with Crippen LogP contribution in [0.2, 0.25) is 0 Å². The fourth-order valence-electron chi connectivity index (χ4n) is 2.18. The SMILES string of the molecule is CC(C)(C)OC(=O)N1CCC[C@@H]1COc1ccccn1. The fourth-order valence-corrected chi connectivity index (χ4v) is 2.18. The normalized spacial score (nSPS) is 18.9. The highest BCUT2D eigenvalue weighted by Crippen LogP contribution is 2.21. The Kier molecular flexibility index (Phi) is 4.47. The molecule has 1 saturated heterocycles. The molecule has 0 aliphatic carbocycles. The Morgan fingerprint density at radius 1 is 1.45 bits per heavy atom. The molecule has 2 heterocycles. The number of rotatable bonds is 3. The third-order valence-electron chi connectivity index (χ3n) is 3.07. The van der Waals surface area contributed by atoms with Gasteiger partial charge in [0.2, 0.25) is 5.88 Å². The summed E-state index contributed by atoms with van der Waals surface area (Å²) in [4.78, 5) is 18.0. The predicted octanol–water partition coefficient (Wildman–Crippen LogP) is 2.86. The van der Waals surface area contributed by atoms with Gasteiger partial charge in [-0.2, -0.15) is 0 Å². The molecule has 5 heteroatoms. The third-order valence-corrected chi connectivity index (χ3v) is 3.07. The zero-order valence-electron chi connectivity index (χ0n) is 12.3. The number of hydrogen-bond acceptors (Lipinski definition) is 4. The van der Waals surface area contributed by atoms with Gasteiger partial charge in [0.05, 0.1) is 6.04 Å². The van der Waals surface area contributed by atoms with Crippen LogP contribution in [0.4, 0.5) is 4.79 Å². The number of aromatic nitrogens is 1. The van der Waals surface area contributed by atoms with E-state index >= 15 is 0 Å². The summed E-state index contributed by atoms with van der Waals surface area (Å²) in [6.07, 6.45) is 3.35. The fraction of sp³-hybridized carbons (Fsp3) is 0.600. The highest BCUT2D eigenvalue weighted by molar-refractivity contribution is 5.68. The first kappa shape index (κ1) is 14.6. The molecule has 1 aliphatic heterocycles. The van der Waals surface area contributed by atoms with Crippen molar-refractivity contribution < 1.29 is 14.3 Å². The Hall–Kier alpha value is -1.78. The van der Waals surface area contributed by atoms with Crippen molar-refractivity contribution in [2.45, 2.75) is 45.3 Å². The largest absolute Gasteiger partial charge is 0.475 e. The van der Waals surface area contributed by atoms with Gasteiger partial charge in [-0.25, -0.2) is 9.78 Å². The van der Waals surface area contributed by atoms with E-state index in [0.717, 1.165) is 19.4 Å². The van der Waals surface area contributed by atoms with E-state index in [-0.39, 0.29) is 12.1 Å². The maximum atomic E-state index is 12.1. The summed E-state index contributed by atoms with van der Waals surface area (Å²) in [5.41, 5.74) is -0.466. The lowest BCUT2D eigenvalue weighted by atomic mass is 10.2. The highest BCUT2D eigenvalue weighted by atomic mass is 16.6. The molecular weight excluding hydrogens is 256 g/mol. The summed E-state index contributed by atoms with van der Waals surface area (Å²) in [5, 5.41) is 0. The average Bonchev–Trinajstić information content (AvgIpc) is 2.84. The minimum Gasteiger partial charge on any atom is -0.475 e. The summed E-state index contributed by atoms with van der Waals surface area (Å²) in [5.74, 6) is 0.587. The van der Waals surface area contributed by atoms with E-state index in [9.17, 15) is 4.79 Å². The van der Waals surface area contributed by atoms with Crippen LogP contribution in [-0.4, -0.2) is 40.8 Å². The molecule has 20 heavy (non-hydrogen) atoms. The van der Waals surface area contributed by atoms with E-state index in [4.69, 9.17) is 9.47 Å². The molecule has 0 N–H and O–H groups in total. The van der Waals surface area contributed by atoms with Crippen LogP contribution in [0.3, 0.4) is 0 Å². The first-order valence-electron chi connectivity index (χ1n) is 6.99. The maximum absolute atomic E-state index is 12.1. The van der Waals surface area contributed by atoms with E-state index in [1.807, 2.05) is 39.0 Å². The molecule has 0 saturated carbocycles. The van der Waals surface area contributed by atoms with Crippen molar-refractivity contribution in [2.24, 2.45) is 0 Å². The molecule has 0 radical (unpaired) electrons. The monoisotopic (exact) mass is 278 g/mol. The molecule has 0 unspecified atom stereocenters. The molecule has 0 bridgehead atoms. The zero-order valence-corrected chi connectivity index (χ0v) is 12.3. The van der Waals surface area contributed by atoms with Crippen LogP contribution in [0.25, 0.3) is 0 Å². The lowest BCUT2D eigenvalue weighted by molar-refractivity contribution is 0.0186. The van der Waals surface area contributed by atoms with E-state index in [1.54, 1.807) is 11.1 Å². The van der Waals surface area contributed by atoms with Crippen LogP contribution in [-0.2, 0) is 4.74 Å². The van der Waals surface area contributed by atoms with Gasteiger partial charge < -0.3 is 14.4 Å². The number of amides is 1. The molecule has 1 fully saturated rings. The van der Waals surface area contributed by atoms with Crippen LogP contribution in [0, 0.1) is 0 Å². The molecule has 0 spiro atoms. The summed E-state index contributed by atoms with van der Waals surface area (Å²) in [6, 6.07) is 5.59. The summed E-state index contributed by atoms with van der Waals surface area (Å²) in [7, 11) is 0. The van der Waals surface area contributed by atoms with Crippen LogP contribution in [0.15, 0.2) is 24.4 Å². The van der Waals surface area contributed by atoms with E-state index in [1.165, 1.54) is 0 Å². The molecule has 1 aliphatic rings. The molecule has 1 aromatic rings. The molecule has 0 aromatic carbocycles. The Bertz CT molecular complexity index is 442. The predicted molar refractivity (Wildman–Crippen MR) is 75.7 cm³/mol. The lowest BCUT2D eigenvalue weighted by Crippen LogP contribution is -2.42. The number of likely N-dealkylation sites (tertiary alicyclic amines) is 1. The first-order chi connectivity index (χ1) is 9.46. The maximum Gasteiger partial charge on any atom is 0.410 e. The van der Waals surface area contributed by atoms with Crippen molar-refractivity contribution in [3.63, 3.8) is 0 Å². The van der Waals surface area contributed by atoms with Crippen LogP contribution in [0.1, 0.15) is 33.6 Å². The second-order valence-corrected chi connectivity index (χ2v) is 5.95. The molecule has 5 nitrogen and oxygen atoms in total. The molecule has 2 rings (SSSR count). The van der Waals surface area contributed by atoms with Crippen molar-refractivity contribution in [1.29, 1.82) is 0 Å². The van der Waals surface area contributed by atoms with Gasteiger partial charge in [0.25, 0.3) is 0 Å². The number of carbonyl (C=O) groups excluding carboxylic acids is 1. The topological polar surface area (TPSA) is 51.7 Å². The minimum absolute atomic E-state index is 0.0619. The van der Waals surface area contributed by atoms with Gasteiger partial charge in [-0.15, -0.1) is 0 Å². The molecule has 1 aromatic heterocycles. The molecular formula is C15H22N2O3. The Labute approximate surface area is 119 Å². The van der Waals surface area contributed by atoms with E-state index < -0.39 is 5.60 Å². The van der Waals surface area contributed by atoms with Crippen molar-refractivity contribution in [3.05, 3.63) is 24.4 Å². The van der Waals surface area contributed by atoms with E-state index in [2.05, 4.69) is 4.98 Å². The third kappa shape index (κ3) is 4.11. The summed E-state index contributed by atoms with van der Waals surface area (Å²) in [6.45, 7) is 6.81. The Morgan fingerprint density at radius 3 is 2.90 bits per heavy atom. The Balaban J connectivity index is 1.89. The van der Waals surface area contributed by atoms with Crippen LogP contribution >= 0.6 is 0 Å². The van der Waals surface area contributed by atoms with Crippen molar-refractivity contribution >= 4 is 6.09 Å². The number of carbonyl (C=O) groups is 1. The lowest BCUT2D eigenvalue weighted by Gasteiger charge is -2.28. The van der Waals surface area contributed by atoms with E-state index in [0.29, 0.717) is 12.5 Å². The molecule has 110 valence electrons. The van der Waals surface area contributed by atoms with Gasteiger partial charge >= 0.3 is 6.09 Å². The summed E-state index contributed by atoms with van der Waals surface area (Å²) >= 11 is 0. The Morgan fingerprint density at radius 2 is 2.25 bits per heavy atom. The standard InChI is InChI=1S/C15H22N2O3/c1-15(2,3)20-14(18)17-10-6-7-12(17)11-19-13-8-4-5-9-16-13/h4-5,8-9,12H,6-7,10-11H2,1-3H3/t12-/m1/s1.